The number of nitrogens with one attached hydrogen (secondary N) is 1. The highest BCUT2D eigenvalue weighted by atomic mass is 32.1. The Balaban J connectivity index is 2.48. The van der Waals surface area contributed by atoms with Crippen LogP contribution in [-0.4, -0.2) is 11.5 Å². The Morgan fingerprint density at radius 3 is 2.86 bits per heavy atom. The highest BCUT2D eigenvalue weighted by molar-refractivity contribution is 7.11. The van der Waals surface area contributed by atoms with Crippen LogP contribution in [0.4, 0.5) is 0 Å². The van der Waals surface area contributed by atoms with E-state index in [0.29, 0.717) is 6.04 Å². The van der Waals surface area contributed by atoms with Crippen molar-refractivity contribution in [1.82, 2.24) is 10.3 Å². The molecule has 0 aromatic carbocycles. The van der Waals surface area contributed by atoms with Gasteiger partial charge >= 0.3 is 0 Å². The first-order valence-corrected chi connectivity index (χ1v) is 6.27. The van der Waals surface area contributed by atoms with Crippen LogP contribution in [0.3, 0.4) is 0 Å². The summed E-state index contributed by atoms with van der Waals surface area (Å²) in [6, 6.07) is 0.457. The summed E-state index contributed by atoms with van der Waals surface area (Å²) < 4.78 is 0. The lowest BCUT2D eigenvalue weighted by atomic mass is 10.3. The third-order valence-corrected chi connectivity index (χ3v) is 3.40. The van der Waals surface area contributed by atoms with Gasteiger partial charge in [-0.25, -0.2) is 4.98 Å². The number of aryl methyl sites for hydroxylation is 1. The Morgan fingerprint density at radius 2 is 2.21 bits per heavy atom. The lowest BCUT2D eigenvalue weighted by Crippen LogP contribution is -2.18. The second kappa shape index (κ2) is 6.14. The average Bonchev–Trinajstić information content (AvgIpc) is 2.63. The first-order chi connectivity index (χ1) is 6.77. The minimum atomic E-state index is 0.457. The number of hydrogen-bond acceptors (Lipinski definition) is 3. The van der Waals surface area contributed by atoms with E-state index >= 15 is 0 Å². The molecule has 1 unspecified atom stereocenters. The van der Waals surface area contributed by atoms with Crippen molar-refractivity contribution in [1.29, 1.82) is 0 Å². The zero-order valence-corrected chi connectivity index (χ0v) is 10.2. The Morgan fingerprint density at radius 1 is 1.43 bits per heavy atom. The molecule has 80 valence electrons. The first kappa shape index (κ1) is 11.7. The van der Waals surface area contributed by atoms with E-state index in [2.05, 4.69) is 31.1 Å². The molecule has 0 bridgehead atoms. The van der Waals surface area contributed by atoms with E-state index in [1.54, 1.807) is 0 Å². The predicted molar refractivity (Wildman–Crippen MR) is 62.8 cm³/mol. The monoisotopic (exact) mass is 212 g/mol. The van der Waals surface area contributed by atoms with Crippen molar-refractivity contribution in [2.24, 2.45) is 0 Å². The van der Waals surface area contributed by atoms with Crippen LogP contribution in [0.25, 0.3) is 0 Å². The average molecular weight is 212 g/mol. The van der Waals surface area contributed by atoms with Gasteiger partial charge in [0.2, 0.25) is 0 Å². The van der Waals surface area contributed by atoms with Crippen LogP contribution >= 0.6 is 11.3 Å². The SMILES string of the molecule is CCCNC(C)c1cnc(CCC)s1. The standard InChI is InChI=1S/C11H20N2S/c1-4-6-11-13-8-10(14-11)9(3)12-7-5-2/h8-9,12H,4-7H2,1-3H3. The summed E-state index contributed by atoms with van der Waals surface area (Å²) in [6.45, 7) is 7.68. The summed E-state index contributed by atoms with van der Waals surface area (Å²) in [7, 11) is 0. The third-order valence-electron chi connectivity index (χ3n) is 2.16. The third kappa shape index (κ3) is 3.39. The van der Waals surface area contributed by atoms with Crippen molar-refractivity contribution >= 4 is 11.3 Å². The van der Waals surface area contributed by atoms with Gasteiger partial charge in [-0.3, -0.25) is 0 Å². The van der Waals surface area contributed by atoms with Crippen LogP contribution < -0.4 is 5.32 Å². The van der Waals surface area contributed by atoms with Crippen molar-refractivity contribution in [2.75, 3.05) is 6.54 Å². The number of aromatic nitrogens is 1. The summed E-state index contributed by atoms with van der Waals surface area (Å²) in [4.78, 5) is 5.78. The molecule has 1 aromatic heterocycles. The lowest BCUT2D eigenvalue weighted by Gasteiger charge is -2.09. The first-order valence-electron chi connectivity index (χ1n) is 5.45. The maximum atomic E-state index is 4.41. The van der Waals surface area contributed by atoms with Crippen LogP contribution in [0.5, 0.6) is 0 Å². The Hall–Kier alpha value is -0.410. The van der Waals surface area contributed by atoms with E-state index in [1.165, 1.54) is 22.7 Å². The van der Waals surface area contributed by atoms with Crippen molar-refractivity contribution in [3.05, 3.63) is 16.1 Å². The predicted octanol–water partition coefficient (Wildman–Crippen LogP) is 3.16. The molecular weight excluding hydrogens is 192 g/mol. The van der Waals surface area contributed by atoms with Gasteiger partial charge in [0, 0.05) is 17.1 Å². The van der Waals surface area contributed by atoms with Crippen LogP contribution in [0.1, 0.15) is 49.5 Å². The van der Waals surface area contributed by atoms with Gasteiger partial charge in [0.05, 0.1) is 5.01 Å². The minimum Gasteiger partial charge on any atom is -0.309 e. The topological polar surface area (TPSA) is 24.9 Å². The molecule has 0 aliphatic heterocycles. The van der Waals surface area contributed by atoms with E-state index in [0.717, 1.165) is 13.0 Å². The van der Waals surface area contributed by atoms with Gasteiger partial charge in [-0.2, -0.15) is 0 Å². The normalized spacial score (nSPS) is 13.1. The van der Waals surface area contributed by atoms with Gasteiger partial charge < -0.3 is 5.32 Å². The fourth-order valence-electron chi connectivity index (χ4n) is 1.32. The summed E-state index contributed by atoms with van der Waals surface area (Å²) in [5, 5.41) is 4.75. The Bertz CT molecular complexity index is 258. The molecule has 1 heterocycles. The molecule has 3 heteroatoms. The molecule has 0 spiro atoms. The highest BCUT2D eigenvalue weighted by Gasteiger charge is 2.07. The van der Waals surface area contributed by atoms with Gasteiger partial charge in [0.15, 0.2) is 0 Å². The van der Waals surface area contributed by atoms with Gasteiger partial charge in [-0.15, -0.1) is 11.3 Å². The van der Waals surface area contributed by atoms with E-state index in [1.807, 2.05) is 17.5 Å². The zero-order chi connectivity index (χ0) is 10.4. The van der Waals surface area contributed by atoms with Crippen molar-refractivity contribution in [3.63, 3.8) is 0 Å². The van der Waals surface area contributed by atoms with E-state index < -0.39 is 0 Å². The molecule has 0 fully saturated rings. The molecule has 1 rings (SSSR count). The second-order valence-corrected chi connectivity index (χ2v) is 4.73. The van der Waals surface area contributed by atoms with Crippen molar-refractivity contribution in [2.45, 2.75) is 46.1 Å². The summed E-state index contributed by atoms with van der Waals surface area (Å²) in [6.07, 6.45) is 5.50. The lowest BCUT2D eigenvalue weighted by molar-refractivity contribution is 0.577. The molecule has 0 saturated carbocycles. The molecule has 1 atom stereocenters. The van der Waals surface area contributed by atoms with E-state index in [-0.39, 0.29) is 0 Å². The van der Waals surface area contributed by atoms with Crippen LogP contribution in [-0.2, 0) is 6.42 Å². The molecule has 2 nitrogen and oxygen atoms in total. The fraction of sp³-hybridized carbons (Fsp3) is 0.727. The minimum absolute atomic E-state index is 0.457. The van der Waals surface area contributed by atoms with E-state index in [9.17, 15) is 0 Å². The molecule has 0 saturated heterocycles. The molecule has 0 radical (unpaired) electrons. The summed E-state index contributed by atoms with van der Waals surface area (Å²) in [5.41, 5.74) is 0. The number of hydrogen-bond donors (Lipinski definition) is 1. The molecule has 0 amide bonds. The quantitative estimate of drug-likeness (QED) is 0.783. The number of rotatable bonds is 6. The van der Waals surface area contributed by atoms with Gasteiger partial charge in [0.1, 0.15) is 0 Å². The molecular formula is C11H20N2S. The van der Waals surface area contributed by atoms with Gasteiger partial charge in [0.25, 0.3) is 0 Å². The summed E-state index contributed by atoms with van der Waals surface area (Å²) >= 11 is 1.84. The van der Waals surface area contributed by atoms with Crippen molar-refractivity contribution in [3.8, 4) is 0 Å². The van der Waals surface area contributed by atoms with Crippen LogP contribution in [0.15, 0.2) is 6.20 Å². The highest BCUT2D eigenvalue weighted by Crippen LogP contribution is 2.21. The summed E-state index contributed by atoms with van der Waals surface area (Å²) in [5.74, 6) is 0. The smallest absolute Gasteiger partial charge is 0.0928 e. The molecule has 0 aliphatic carbocycles. The molecule has 0 aliphatic rings. The van der Waals surface area contributed by atoms with Crippen LogP contribution in [0, 0.1) is 0 Å². The molecule has 14 heavy (non-hydrogen) atoms. The number of nitrogens with zero attached hydrogens (tertiary/aromatic N) is 1. The molecule has 1 aromatic rings. The van der Waals surface area contributed by atoms with Crippen molar-refractivity contribution < 1.29 is 0 Å². The Kier molecular flexibility index (Phi) is 5.12. The maximum absolute atomic E-state index is 4.41. The van der Waals surface area contributed by atoms with E-state index in [4.69, 9.17) is 0 Å². The largest absolute Gasteiger partial charge is 0.309 e. The maximum Gasteiger partial charge on any atom is 0.0928 e. The van der Waals surface area contributed by atoms with Gasteiger partial charge in [-0.05, 0) is 32.7 Å². The zero-order valence-electron chi connectivity index (χ0n) is 9.34. The van der Waals surface area contributed by atoms with Crippen LogP contribution in [0.2, 0.25) is 0 Å². The van der Waals surface area contributed by atoms with Gasteiger partial charge in [-0.1, -0.05) is 13.8 Å². The second-order valence-electron chi connectivity index (χ2n) is 3.58. The molecule has 1 N–H and O–H groups in total. The Labute approximate surface area is 90.8 Å². The number of thiazole rings is 1. The fourth-order valence-corrected chi connectivity index (χ4v) is 2.36.